The summed E-state index contributed by atoms with van der Waals surface area (Å²) in [5.41, 5.74) is 3.19. The maximum absolute atomic E-state index is 9.71. The minimum Gasteiger partial charge on any atom is -0.494 e. The lowest BCUT2D eigenvalue weighted by atomic mass is 9.98. The van der Waals surface area contributed by atoms with E-state index in [9.17, 15) is 5.26 Å². The third-order valence-corrected chi connectivity index (χ3v) is 6.02. The second-order valence-corrected chi connectivity index (χ2v) is 9.19. The van der Waals surface area contributed by atoms with Gasteiger partial charge in [-0.2, -0.15) is 0 Å². The standard InChI is InChI=1S/C33H40O10/c1-5-17-41-42-19-6-18-38-30-12-14-31(15-13-30)39-24-40-32-16-11-29(22-25(32)2)33(43-34)28-9-7-27(8-10-28)26(3)37-21-20-36-23-35-4/h5,7-16,22,33-34H,1,3,6,17-21,23-24H2,2,4H3. The Labute approximate surface area is 252 Å². The highest BCUT2D eigenvalue weighted by Crippen LogP contribution is 2.30. The van der Waals surface area contributed by atoms with E-state index in [1.54, 1.807) is 13.2 Å². The Kier molecular flexibility index (Phi) is 15.1. The van der Waals surface area contributed by atoms with Gasteiger partial charge in [0.05, 0.1) is 19.8 Å². The van der Waals surface area contributed by atoms with Gasteiger partial charge < -0.3 is 28.4 Å². The Bertz CT molecular complexity index is 1230. The van der Waals surface area contributed by atoms with Crippen LogP contribution in [-0.4, -0.2) is 59.0 Å². The van der Waals surface area contributed by atoms with Crippen molar-refractivity contribution in [1.29, 1.82) is 0 Å². The van der Waals surface area contributed by atoms with Gasteiger partial charge in [-0.05, 0) is 60.0 Å². The number of hydrogen-bond acceptors (Lipinski definition) is 10. The highest BCUT2D eigenvalue weighted by atomic mass is 17.2. The summed E-state index contributed by atoms with van der Waals surface area (Å²) in [5.74, 6) is 2.54. The number of rotatable bonds is 22. The van der Waals surface area contributed by atoms with Crippen LogP contribution in [0.5, 0.6) is 17.2 Å². The molecule has 0 aliphatic rings. The zero-order valence-electron chi connectivity index (χ0n) is 24.7. The molecule has 10 nitrogen and oxygen atoms in total. The van der Waals surface area contributed by atoms with Crippen LogP contribution in [0.2, 0.25) is 0 Å². The van der Waals surface area contributed by atoms with Crippen LogP contribution in [-0.2, 0) is 28.9 Å². The van der Waals surface area contributed by atoms with Gasteiger partial charge in [0.1, 0.15) is 49.1 Å². The highest BCUT2D eigenvalue weighted by Gasteiger charge is 2.17. The van der Waals surface area contributed by atoms with Crippen molar-refractivity contribution < 1.29 is 48.3 Å². The van der Waals surface area contributed by atoms with Crippen molar-refractivity contribution >= 4 is 5.76 Å². The third-order valence-electron chi connectivity index (χ3n) is 6.02. The molecule has 1 unspecified atom stereocenters. The largest absolute Gasteiger partial charge is 0.494 e. The number of methoxy groups -OCH3 is 1. The molecule has 0 aliphatic carbocycles. The summed E-state index contributed by atoms with van der Waals surface area (Å²) in [7, 11) is 1.56. The average molecular weight is 597 g/mol. The first-order valence-corrected chi connectivity index (χ1v) is 13.8. The monoisotopic (exact) mass is 596 g/mol. The number of hydrogen-bond donors (Lipinski definition) is 1. The van der Waals surface area contributed by atoms with Crippen LogP contribution in [0.3, 0.4) is 0 Å². The fourth-order valence-corrected chi connectivity index (χ4v) is 3.86. The van der Waals surface area contributed by atoms with E-state index in [0.29, 0.717) is 56.7 Å². The molecular formula is C33H40O10. The van der Waals surface area contributed by atoms with Crippen molar-refractivity contribution in [2.24, 2.45) is 0 Å². The van der Waals surface area contributed by atoms with Gasteiger partial charge in [-0.25, -0.2) is 14.7 Å². The van der Waals surface area contributed by atoms with E-state index in [0.717, 1.165) is 28.0 Å². The summed E-state index contributed by atoms with van der Waals surface area (Å²) < 4.78 is 32.9. The molecule has 1 atom stereocenters. The smallest absolute Gasteiger partial charge is 0.230 e. The molecule has 3 aromatic carbocycles. The first kappa shape index (κ1) is 33.6. The quantitative estimate of drug-likeness (QED) is 0.0345. The van der Waals surface area contributed by atoms with Crippen molar-refractivity contribution in [2.75, 3.05) is 53.7 Å². The summed E-state index contributed by atoms with van der Waals surface area (Å²) in [6.45, 7) is 11.7. The molecule has 10 heteroatoms. The molecule has 0 heterocycles. The van der Waals surface area contributed by atoms with E-state index in [2.05, 4.69) is 13.2 Å². The van der Waals surface area contributed by atoms with Crippen molar-refractivity contribution in [1.82, 2.24) is 0 Å². The predicted octanol–water partition coefficient (Wildman–Crippen LogP) is 6.50. The van der Waals surface area contributed by atoms with Crippen LogP contribution in [0.4, 0.5) is 0 Å². The predicted molar refractivity (Wildman–Crippen MR) is 161 cm³/mol. The summed E-state index contributed by atoms with van der Waals surface area (Å²) in [6.07, 6.45) is 1.62. The first-order valence-electron chi connectivity index (χ1n) is 13.8. The van der Waals surface area contributed by atoms with E-state index in [-0.39, 0.29) is 13.6 Å². The maximum atomic E-state index is 9.71. The van der Waals surface area contributed by atoms with Gasteiger partial charge in [0.25, 0.3) is 0 Å². The van der Waals surface area contributed by atoms with Gasteiger partial charge in [0.15, 0.2) is 0 Å². The zero-order chi connectivity index (χ0) is 30.7. The second-order valence-electron chi connectivity index (χ2n) is 9.19. The van der Waals surface area contributed by atoms with Crippen LogP contribution in [0.1, 0.15) is 34.8 Å². The summed E-state index contributed by atoms with van der Waals surface area (Å²) in [4.78, 5) is 14.7. The topological polar surface area (TPSA) is 103 Å². The Balaban J connectivity index is 1.45. The van der Waals surface area contributed by atoms with E-state index < -0.39 is 6.10 Å². The van der Waals surface area contributed by atoms with Gasteiger partial charge >= 0.3 is 0 Å². The molecule has 232 valence electrons. The second kappa shape index (κ2) is 19.3. The van der Waals surface area contributed by atoms with Gasteiger partial charge in [-0.1, -0.05) is 43.0 Å². The number of benzene rings is 3. The zero-order valence-corrected chi connectivity index (χ0v) is 24.7. The van der Waals surface area contributed by atoms with Crippen molar-refractivity contribution in [3.05, 3.63) is 108 Å². The van der Waals surface area contributed by atoms with Crippen molar-refractivity contribution in [2.45, 2.75) is 19.4 Å². The lowest BCUT2D eigenvalue weighted by Crippen LogP contribution is -2.08. The van der Waals surface area contributed by atoms with Crippen LogP contribution < -0.4 is 14.2 Å². The minimum atomic E-state index is -0.687. The molecule has 0 bridgehead atoms. The highest BCUT2D eigenvalue weighted by molar-refractivity contribution is 5.58. The Morgan fingerprint density at radius 3 is 2.21 bits per heavy atom. The van der Waals surface area contributed by atoms with E-state index in [1.807, 2.05) is 73.7 Å². The van der Waals surface area contributed by atoms with Crippen molar-refractivity contribution in [3.8, 4) is 17.2 Å². The lowest BCUT2D eigenvalue weighted by Gasteiger charge is -2.17. The molecule has 0 aliphatic heterocycles. The third kappa shape index (κ3) is 11.7. The fraction of sp³-hybridized carbons (Fsp3) is 0.333. The van der Waals surface area contributed by atoms with Gasteiger partial charge in [0.2, 0.25) is 6.79 Å². The molecule has 0 amide bonds. The van der Waals surface area contributed by atoms with Crippen LogP contribution >= 0.6 is 0 Å². The molecule has 3 aromatic rings. The summed E-state index contributed by atoms with van der Waals surface area (Å²) >= 11 is 0. The molecule has 0 fully saturated rings. The number of aryl methyl sites for hydroxylation is 1. The molecule has 3 rings (SSSR count). The molecular weight excluding hydrogens is 556 g/mol. The summed E-state index contributed by atoms with van der Waals surface area (Å²) in [5, 5.41) is 9.71. The molecule has 43 heavy (non-hydrogen) atoms. The van der Waals surface area contributed by atoms with Gasteiger partial charge in [0, 0.05) is 19.1 Å². The minimum absolute atomic E-state index is 0.0221. The first-order chi connectivity index (χ1) is 21.0. The molecule has 1 N–H and O–H groups in total. The lowest BCUT2D eigenvalue weighted by molar-refractivity contribution is -0.287. The molecule has 0 radical (unpaired) electrons. The maximum Gasteiger partial charge on any atom is 0.230 e. The Hall–Kier alpha value is -3.90. The normalized spacial score (nSPS) is 11.5. The fourth-order valence-electron chi connectivity index (χ4n) is 3.86. The van der Waals surface area contributed by atoms with Crippen LogP contribution in [0.15, 0.2) is 86.0 Å². The SMILES string of the molecule is C=CCOOCCCOc1ccc(OCOc2ccc(C(OO)c3ccc(C(=C)OCCOCOC)cc3)cc2C)cc1. The molecule has 0 spiro atoms. The summed E-state index contributed by atoms with van der Waals surface area (Å²) in [6, 6.07) is 20.3. The Morgan fingerprint density at radius 1 is 0.814 bits per heavy atom. The van der Waals surface area contributed by atoms with Gasteiger partial charge in [-0.15, -0.1) is 6.58 Å². The average Bonchev–Trinajstić information content (AvgIpc) is 3.03. The van der Waals surface area contributed by atoms with Crippen molar-refractivity contribution in [3.63, 3.8) is 0 Å². The molecule has 0 aromatic heterocycles. The van der Waals surface area contributed by atoms with E-state index >= 15 is 0 Å². The van der Waals surface area contributed by atoms with Gasteiger partial charge in [-0.3, -0.25) is 5.26 Å². The van der Waals surface area contributed by atoms with Crippen LogP contribution in [0, 0.1) is 6.92 Å². The van der Waals surface area contributed by atoms with E-state index in [1.165, 1.54) is 0 Å². The van der Waals surface area contributed by atoms with E-state index in [4.69, 9.17) is 43.1 Å². The molecule has 0 saturated heterocycles. The van der Waals surface area contributed by atoms with Crippen LogP contribution in [0.25, 0.3) is 5.76 Å². The Morgan fingerprint density at radius 2 is 1.53 bits per heavy atom. The molecule has 0 saturated carbocycles. The number of ether oxygens (including phenoxy) is 6.